The normalized spacial score (nSPS) is 8.62. The van der Waals surface area contributed by atoms with E-state index in [2.05, 4.69) is 5.32 Å². The number of hydrogen-bond acceptors (Lipinski definition) is 3. The summed E-state index contributed by atoms with van der Waals surface area (Å²) in [5, 5.41) is 2.75. The summed E-state index contributed by atoms with van der Waals surface area (Å²) in [6, 6.07) is 5.72. The molecule has 0 bridgehead atoms. The van der Waals surface area contributed by atoms with E-state index in [4.69, 9.17) is 10.5 Å². The molecule has 74 valence electrons. The summed E-state index contributed by atoms with van der Waals surface area (Å²) in [5.74, 6) is 0.741. The summed E-state index contributed by atoms with van der Waals surface area (Å²) in [7, 11) is 5.36. The highest BCUT2D eigenvalue weighted by Gasteiger charge is 1.95. The highest BCUT2D eigenvalue weighted by molar-refractivity contribution is 5.53. The molecule has 0 saturated carbocycles. The number of nitrogens with one attached hydrogen (secondary N) is 1. The molecule has 1 rings (SSSR count). The Morgan fingerprint density at radius 2 is 1.85 bits per heavy atom. The van der Waals surface area contributed by atoms with Crippen LogP contribution in [0.2, 0.25) is 0 Å². The van der Waals surface area contributed by atoms with Crippen molar-refractivity contribution in [1.82, 2.24) is 5.32 Å². The Morgan fingerprint density at radius 1 is 1.31 bits per heavy atom. The van der Waals surface area contributed by atoms with Gasteiger partial charge >= 0.3 is 0 Å². The third-order valence-corrected chi connectivity index (χ3v) is 1.39. The van der Waals surface area contributed by atoms with Crippen LogP contribution in [-0.4, -0.2) is 21.2 Å². The van der Waals surface area contributed by atoms with Gasteiger partial charge in [-0.15, -0.1) is 0 Å². The maximum atomic E-state index is 5.61. The third kappa shape index (κ3) is 4.38. The molecule has 1 aromatic carbocycles. The summed E-state index contributed by atoms with van der Waals surface area (Å²) < 4.78 is 4.97. The number of aryl methyl sites for hydroxylation is 1. The zero-order valence-corrected chi connectivity index (χ0v) is 8.72. The van der Waals surface area contributed by atoms with Crippen molar-refractivity contribution in [2.75, 3.05) is 26.9 Å². The minimum absolute atomic E-state index is 0.697. The SMILES string of the molecule is CNC.COc1ccc(C)cc1N. The summed E-state index contributed by atoms with van der Waals surface area (Å²) in [6.07, 6.45) is 0. The largest absolute Gasteiger partial charge is 0.495 e. The highest BCUT2D eigenvalue weighted by atomic mass is 16.5. The molecule has 3 nitrogen and oxygen atoms in total. The highest BCUT2D eigenvalue weighted by Crippen LogP contribution is 2.20. The summed E-state index contributed by atoms with van der Waals surface area (Å²) in [4.78, 5) is 0. The Labute approximate surface area is 79.9 Å². The van der Waals surface area contributed by atoms with Crippen LogP contribution in [0.25, 0.3) is 0 Å². The molecule has 0 amide bonds. The number of anilines is 1. The van der Waals surface area contributed by atoms with Crippen molar-refractivity contribution in [3.63, 3.8) is 0 Å². The molecule has 13 heavy (non-hydrogen) atoms. The molecule has 0 unspecified atom stereocenters. The molecule has 0 fully saturated rings. The van der Waals surface area contributed by atoms with Gasteiger partial charge in [-0.3, -0.25) is 0 Å². The van der Waals surface area contributed by atoms with Gasteiger partial charge in [-0.25, -0.2) is 0 Å². The Bertz CT molecular complexity index is 249. The van der Waals surface area contributed by atoms with Gasteiger partial charge in [0, 0.05) is 0 Å². The maximum absolute atomic E-state index is 5.61. The van der Waals surface area contributed by atoms with Gasteiger partial charge in [0.05, 0.1) is 12.8 Å². The lowest BCUT2D eigenvalue weighted by Crippen LogP contribution is -1.91. The summed E-state index contributed by atoms with van der Waals surface area (Å²) >= 11 is 0. The molecule has 0 spiro atoms. The Kier molecular flexibility index (Phi) is 5.72. The number of ether oxygens (including phenoxy) is 1. The Morgan fingerprint density at radius 3 is 2.23 bits per heavy atom. The molecule has 0 radical (unpaired) electrons. The van der Waals surface area contributed by atoms with Crippen molar-refractivity contribution < 1.29 is 4.74 Å². The first-order valence-electron chi connectivity index (χ1n) is 4.14. The Balaban J connectivity index is 0.000000424. The molecular formula is C10H18N2O. The van der Waals surface area contributed by atoms with Crippen molar-refractivity contribution in [2.45, 2.75) is 6.92 Å². The molecule has 0 aliphatic carbocycles. The second kappa shape index (κ2) is 6.31. The zero-order valence-electron chi connectivity index (χ0n) is 8.72. The average molecular weight is 182 g/mol. The lowest BCUT2D eigenvalue weighted by Gasteiger charge is -2.03. The van der Waals surface area contributed by atoms with Gasteiger partial charge in [-0.05, 0) is 38.7 Å². The fraction of sp³-hybridized carbons (Fsp3) is 0.400. The van der Waals surface area contributed by atoms with Gasteiger partial charge in [0.15, 0.2) is 0 Å². The quantitative estimate of drug-likeness (QED) is 0.646. The topological polar surface area (TPSA) is 47.3 Å². The standard InChI is InChI=1S/C8H11NO.C2H7N/c1-6-3-4-8(10-2)7(9)5-6;1-3-2/h3-5H,9H2,1-2H3;3H,1-2H3. The van der Waals surface area contributed by atoms with Gasteiger partial charge in [0.1, 0.15) is 5.75 Å². The van der Waals surface area contributed by atoms with Crippen molar-refractivity contribution in [1.29, 1.82) is 0 Å². The zero-order chi connectivity index (χ0) is 10.3. The van der Waals surface area contributed by atoms with Gasteiger partial charge < -0.3 is 15.8 Å². The predicted octanol–water partition coefficient (Wildman–Crippen LogP) is 1.42. The molecule has 0 aliphatic rings. The van der Waals surface area contributed by atoms with Crippen LogP contribution in [0.5, 0.6) is 5.75 Å². The number of benzene rings is 1. The van der Waals surface area contributed by atoms with E-state index in [1.54, 1.807) is 7.11 Å². The van der Waals surface area contributed by atoms with E-state index in [1.807, 2.05) is 39.2 Å². The maximum Gasteiger partial charge on any atom is 0.141 e. The summed E-state index contributed by atoms with van der Waals surface area (Å²) in [6.45, 7) is 2.00. The average Bonchev–Trinajstić information content (AvgIpc) is 2.06. The number of nitrogen functional groups attached to an aromatic ring is 1. The van der Waals surface area contributed by atoms with E-state index >= 15 is 0 Å². The monoisotopic (exact) mass is 182 g/mol. The minimum Gasteiger partial charge on any atom is -0.495 e. The van der Waals surface area contributed by atoms with E-state index in [1.165, 1.54) is 0 Å². The first kappa shape index (κ1) is 11.8. The lowest BCUT2D eigenvalue weighted by molar-refractivity contribution is 0.417. The van der Waals surface area contributed by atoms with Crippen molar-refractivity contribution in [3.8, 4) is 5.75 Å². The van der Waals surface area contributed by atoms with Crippen LogP contribution in [-0.2, 0) is 0 Å². The molecule has 0 aromatic heterocycles. The van der Waals surface area contributed by atoms with Crippen LogP contribution in [0, 0.1) is 6.92 Å². The van der Waals surface area contributed by atoms with Crippen molar-refractivity contribution in [3.05, 3.63) is 23.8 Å². The first-order chi connectivity index (χ1) is 6.15. The number of methoxy groups -OCH3 is 1. The molecule has 3 heteroatoms. The van der Waals surface area contributed by atoms with Crippen LogP contribution >= 0.6 is 0 Å². The molecule has 0 atom stereocenters. The number of rotatable bonds is 1. The molecule has 3 N–H and O–H groups in total. The van der Waals surface area contributed by atoms with E-state index in [0.717, 1.165) is 11.3 Å². The van der Waals surface area contributed by atoms with E-state index < -0.39 is 0 Å². The van der Waals surface area contributed by atoms with Crippen LogP contribution in [0.3, 0.4) is 0 Å². The Hall–Kier alpha value is -1.22. The molecular weight excluding hydrogens is 164 g/mol. The first-order valence-corrected chi connectivity index (χ1v) is 4.14. The molecule has 1 aromatic rings. The minimum atomic E-state index is 0.697. The second-order valence-electron chi connectivity index (χ2n) is 2.75. The number of nitrogens with two attached hydrogens (primary N) is 1. The fourth-order valence-corrected chi connectivity index (χ4v) is 0.854. The molecule has 0 saturated heterocycles. The van der Waals surface area contributed by atoms with Gasteiger partial charge in [0.2, 0.25) is 0 Å². The van der Waals surface area contributed by atoms with Crippen molar-refractivity contribution >= 4 is 5.69 Å². The van der Waals surface area contributed by atoms with E-state index in [-0.39, 0.29) is 0 Å². The molecule has 0 aliphatic heterocycles. The van der Waals surface area contributed by atoms with Gasteiger partial charge in [-0.2, -0.15) is 0 Å². The third-order valence-electron chi connectivity index (χ3n) is 1.39. The van der Waals surface area contributed by atoms with Crippen molar-refractivity contribution in [2.24, 2.45) is 0 Å². The van der Waals surface area contributed by atoms with Crippen LogP contribution in [0.15, 0.2) is 18.2 Å². The van der Waals surface area contributed by atoms with E-state index in [9.17, 15) is 0 Å². The smallest absolute Gasteiger partial charge is 0.141 e. The fourth-order valence-electron chi connectivity index (χ4n) is 0.854. The predicted molar refractivity (Wildman–Crippen MR) is 57.1 cm³/mol. The van der Waals surface area contributed by atoms with Crippen LogP contribution in [0.1, 0.15) is 5.56 Å². The van der Waals surface area contributed by atoms with E-state index in [0.29, 0.717) is 5.69 Å². The second-order valence-corrected chi connectivity index (χ2v) is 2.75. The number of hydrogen-bond donors (Lipinski definition) is 2. The molecule has 0 heterocycles. The van der Waals surface area contributed by atoms with Crippen LogP contribution < -0.4 is 15.8 Å². The van der Waals surface area contributed by atoms with Crippen LogP contribution in [0.4, 0.5) is 5.69 Å². The lowest BCUT2D eigenvalue weighted by atomic mass is 10.2. The summed E-state index contributed by atoms with van der Waals surface area (Å²) in [5.41, 5.74) is 7.45. The van der Waals surface area contributed by atoms with Gasteiger partial charge in [0.25, 0.3) is 0 Å². The van der Waals surface area contributed by atoms with Gasteiger partial charge in [-0.1, -0.05) is 6.07 Å².